The molecule has 1 atom stereocenters. The second-order valence-electron chi connectivity index (χ2n) is 7.76. The van der Waals surface area contributed by atoms with Crippen LogP contribution in [0.4, 0.5) is 11.6 Å². The number of rotatable bonds is 5. The summed E-state index contributed by atoms with van der Waals surface area (Å²) in [5, 5.41) is 12.4. The molecule has 1 aliphatic rings. The predicted molar refractivity (Wildman–Crippen MR) is 128 cm³/mol. The normalized spacial score (nSPS) is 14.6. The summed E-state index contributed by atoms with van der Waals surface area (Å²) in [6.07, 6.45) is 3.48. The van der Waals surface area contributed by atoms with Crippen molar-refractivity contribution in [2.75, 3.05) is 11.9 Å². The number of hydrogen-bond donors (Lipinski definition) is 2. The summed E-state index contributed by atoms with van der Waals surface area (Å²) in [6, 6.07) is 25.1. The first-order valence-corrected chi connectivity index (χ1v) is 11.2. The number of aromatic nitrogens is 2. The third kappa shape index (κ3) is 4.11. The van der Waals surface area contributed by atoms with Crippen LogP contribution in [0.2, 0.25) is 0 Å². The number of fused-ring (bicyclic) bond motifs is 3. The molecule has 0 saturated carbocycles. The Morgan fingerprint density at radius 1 is 1.00 bits per heavy atom. The van der Waals surface area contributed by atoms with Gasteiger partial charge in [-0.25, -0.2) is 9.97 Å². The maximum absolute atomic E-state index is 9.08. The van der Waals surface area contributed by atoms with Gasteiger partial charge in [-0.3, -0.25) is 0 Å². The van der Waals surface area contributed by atoms with E-state index in [2.05, 4.69) is 74.8 Å². The number of aliphatic hydroxyl groups is 1. The molecule has 1 aromatic heterocycles. The molecule has 4 nitrogen and oxygen atoms in total. The number of anilines is 2. The second-order valence-corrected chi connectivity index (χ2v) is 8.68. The van der Waals surface area contributed by atoms with Crippen LogP contribution in [-0.2, 0) is 12.8 Å². The molecule has 2 N–H and O–H groups in total. The Morgan fingerprint density at radius 2 is 1.84 bits per heavy atom. The summed E-state index contributed by atoms with van der Waals surface area (Å²) < 4.78 is 1.09. The van der Waals surface area contributed by atoms with Crippen molar-refractivity contribution in [3.63, 3.8) is 0 Å². The molecule has 0 saturated heterocycles. The van der Waals surface area contributed by atoms with Crippen LogP contribution in [0.5, 0.6) is 0 Å². The average molecular weight is 472 g/mol. The molecular weight excluding hydrogens is 450 g/mol. The Balaban J connectivity index is 1.48. The smallest absolute Gasteiger partial charge is 0.227 e. The van der Waals surface area contributed by atoms with Gasteiger partial charge in [-0.1, -0.05) is 64.5 Å². The number of hydrogen-bond acceptors (Lipinski definition) is 4. The van der Waals surface area contributed by atoms with E-state index in [1.807, 2.05) is 30.5 Å². The van der Waals surface area contributed by atoms with E-state index in [9.17, 15) is 0 Å². The molecule has 0 bridgehead atoms. The molecule has 0 amide bonds. The third-order valence-electron chi connectivity index (χ3n) is 5.74. The lowest BCUT2D eigenvalue weighted by Crippen LogP contribution is -2.15. The van der Waals surface area contributed by atoms with Crippen molar-refractivity contribution in [3.05, 3.63) is 106 Å². The van der Waals surface area contributed by atoms with Gasteiger partial charge in [-0.05, 0) is 59.4 Å². The highest BCUT2D eigenvalue weighted by Crippen LogP contribution is 2.42. The molecule has 1 unspecified atom stereocenters. The van der Waals surface area contributed by atoms with Gasteiger partial charge in [0.2, 0.25) is 5.95 Å². The van der Waals surface area contributed by atoms with E-state index in [1.54, 1.807) is 0 Å². The first-order valence-electron chi connectivity index (χ1n) is 10.4. The molecule has 5 heteroatoms. The fourth-order valence-corrected chi connectivity index (χ4v) is 4.65. The fourth-order valence-electron chi connectivity index (χ4n) is 4.23. The molecule has 154 valence electrons. The molecule has 31 heavy (non-hydrogen) atoms. The van der Waals surface area contributed by atoms with Crippen LogP contribution in [0.1, 0.15) is 28.2 Å². The molecule has 4 aromatic rings. The van der Waals surface area contributed by atoms with E-state index >= 15 is 0 Å². The van der Waals surface area contributed by atoms with Crippen molar-refractivity contribution in [1.29, 1.82) is 0 Å². The molecule has 1 heterocycles. The predicted octanol–water partition coefficient (Wildman–Crippen LogP) is 5.87. The van der Waals surface area contributed by atoms with Gasteiger partial charge in [0.25, 0.3) is 0 Å². The summed E-state index contributed by atoms with van der Waals surface area (Å²) in [6.45, 7) is 0.154. The Morgan fingerprint density at radius 3 is 2.65 bits per heavy atom. The highest BCUT2D eigenvalue weighted by atomic mass is 79.9. The van der Waals surface area contributed by atoms with Crippen LogP contribution in [-0.4, -0.2) is 21.7 Å². The SMILES string of the molecule is OCCc1ccc(Nc2ncc3c(n2)-c2ccccc2C(c2cccc(Br)c2)C3)cc1. The quantitative estimate of drug-likeness (QED) is 0.381. The zero-order valence-corrected chi connectivity index (χ0v) is 18.5. The van der Waals surface area contributed by atoms with E-state index < -0.39 is 0 Å². The molecule has 1 aliphatic carbocycles. The van der Waals surface area contributed by atoms with Gasteiger partial charge >= 0.3 is 0 Å². The Hall–Kier alpha value is -3.02. The van der Waals surface area contributed by atoms with E-state index in [0.717, 1.165) is 39.0 Å². The van der Waals surface area contributed by atoms with Gasteiger partial charge in [0.1, 0.15) is 0 Å². The average Bonchev–Trinajstić information content (AvgIpc) is 2.80. The van der Waals surface area contributed by atoms with Crippen LogP contribution in [0.15, 0.2) is 83.5 Å². The van der Waals surface area contributed by atoms with Crippen LogP contribution >= 0.6 is 15.9 Å². The first kappa shape index (κ1) is 19.9. The fraction of sp³-hybridized carbons (Fsp3) is 0.154. The minimum Gasteiger partial charge on any atom is -0.396 e. The number of nitrogens with zero attached hydrogens (tertiary/aromatic N) is 2. The number of aliphatic hydroxyl groups excluding tert-OH is 1. The van der Waals surface area contributed by atoms with Gasteiger partial charge in [0.05, 0.1) is 5.69 Å². The number of nitrogens with one attached hydrogen (secondary N) is 1. The van der Waals surface area contributed by atoms with Crippen molar-refractivity contribution in [1.82, 2.24) is 9.97 Å². The molecule has 3 aromatic carbocycles. The largest absolute Gasteiger partial charge is 0.396 e. The summed E-state index contributed by atoms with van der Waals surface area (Å²) >= 11 is 3.61. The van der Waals surface area contributed by atoms with Crippen LogP contribution in [0.3, 0.4) is 0 Å². The standard InChI is InChI=1S/C26H22BrN3O/c27-20-5-3-4-18(14-20)24-15-19-16-28-26(29-21-10-8-17(9-11-21)12-13-31)30-25(19)23-7-2-1-6-22(23)24/h1-11,14,16,24,31H,12-13,15H2,(H,28,29,30). The maximum atomic E-state index is 9.08. The van der Waals surface area contributed by atoms with Crippen molar-refractivity contribution in [3.8, 4) is 11.3 Å². The van der Waals surface area contributed by atoms with Gasteiger partial charge in [-0.15, -0.1) is 0 Å². The van der Waals surface area contributed by atoms with Crippen LogP contribution < -0.4 is 5.32 Å². The monoisotopic (exact) mass is 471 g/mol. The van der Waals surface area contributed by atoms with Gasteiger partial charge in [0.15, 0.2) is 0 Å². The lowest BCUT2D eigenvalue weighted by Gasteiger charge is -2.27. The van der Waals surface area contributed by atoms with Crippen molar-refractivity contribution in [2.45, 2.75) is 18.8 Å². The lowest BCUT2D eigenvalue weighted by atomic mass is 9.78. The summed E-state index contributed by atoms with van der Waals surface area (Å²) in [5.41, 5.74) is 7.94. The molecular formula is C26H22BrN3O. The lowest BCUT2D eigenvalue weighted by molar-refractivity contribution is 0.299. The first-order chi connectivity index (χ1) is 15.2. The minimum atomic E-state index is 0.154. The number of benzene rings is 3. The maximum Gasteiger partial charge on any atom is 0.227 e. The Bertz CT molecular complexity index is 1220. The molecule has 0 spiro atoms. The van der Waals surface area contributed by atoms with Gasteiger partial charge < -0.3 is 10.4 Å². The van der Waals surface area contributed by atoms with Gasteiger partial charge in [0, 0.05) is 34.4 Å². The molecule has 0 aliphatic heterocycles. The Kier molecular flexibility index (Phi) is 5.53. The molecule has 0 radical (unpaired) electrons. The van der Waals surface area contributed by atoms with E-state index in [4.69, 9.17) is 10.1 Å². The summed E-state index contributed by atoms with van der Waals surface area (Å²) in [7, 11) is 0. The third-order valence-corrected chi connectivity index (χ3v) is 6.23. The van der Waals surface area contributed by atoms with E-state index in [0.29, 0.717) is 12.4 Å². The van der Waals surface area contributed by atoms with Crippen LogP contribution in [0, 0.1) is 0 Å². The number of halogens is 1. The van der Waals surface area contributed by atoms with Crippen LogP contribution in [0.25, 0.3) is 11.3 Å². The van der Waals surface area contributed by atoms with Gasteiger partial charge in [-0.2, -0.15) is 0 Å². The van der Waals surface area contributed by atoms with E-state index in [-0.39, 0.29) is 12.5 Å². The topological polar surface area (TPSA) is 58.0 Å². The van der Waals surface area contributed by atoms with E-state index in [1.165, 1.54) is 11.1 Å². The van der Waals surface area contributed by atoms with Crippen molar-refractivity contribution >= 4 is 27.6 Å². The summed E-state index contributed by atoms with van der Waals surface area (Å²) in [4.78, 5) is 9.48. The zero-order valence-electron chi connectivity index (χ0n) is 16.9. The zero-order chi connectivity index (χ0) is 21.2. The Labute approximate surface area is 190 Å². The highest BCUT2D eigenvalue weighted by molar-refractivity contribution is 9.10. The minimum absolute atomic E-state index is 0.154. The summed E-state index contributed by atoms with van der Waals surface area (Å²) in [5.74, 6) is 0.868. The molecule has 5 rings (SSSR count). The second kappa shape index (κ2) is 8.61. The highest BCUT2D eigenvalue weighted by Gasteiger charge is 2.27. The van der Waals surface area contributed by atoms with Crippen molar-refractivity contribution < 1.29 is 5.11 Å². The molecule has 0 fully saturated rings. The van der Waals surface area contributed by atoms with Crippen molar-refractivity contribution in [2.24, 2.45) is 0 Å².